The quantitative estimate of drug-likeness (QED) is 0.768. The summed E-state index contributed by atoms with van der Waals surface area (Å²) in [6, 6.07) is 8.24. The van der Waals surface area contributed by atoms with E-state index in [-0.39, 0.29) is 23.9 Å². The van der Waals surface area contributed by atoms with Crippen molar-refractivity contribution < 1.29 is 4.79 Å². The van der Waals surface area contributed by atoms with E-state index in [2.05, 4.69) is 28.9 Å². The maximum Gasteiger partial charge on any atom is 0.228 e. The van der Waals surface area contributed by atoms with Crippen molar-refractivity contribution in [1.82, 2.24) is 9.97 Å². The summed E-state index contributed by atoms with van der Waals surface area (Å²) in [5.74, 6) is 1.40. The number of nitrogens with zero attached hydrogens (tertiary/aromatic N) is 4. The molecule has 1 fully saturated rings. The van der Waals surface area contributed by atoms with E-state index in [1.165, 1.54) is 0 Å². The van der Waals surface area contributed by atoms with Gasteiger partial charge in [-0.3, -0.25) is 4.79 Å². The fourth-order valence-corrected chi connectivity index (χ4v) is 4.32. The van der Waals surface area contributed by atoms with Crippen LogP contribution in [0.4, 0.5) is 11.8 Å². The summed E-state index contributed by atoms with van der Waals surface area (Å²) in [6.45, 7) is 4.19. The molecule has 1 aromatic carbocycles. The first-order valence-electron chi connectivity index (χ1n) is 10.1. The largest absolute Gasteiger partial charge is 0.369 e. The van der Waals surface area contributed by atoms with Gasteiger partial charge >= 0.3 is 0 Å². The van der Waals surface area contributed by atoms with Gasteiger partial charge in [0.2, 0.25) is 11.9 Å². The molecule has 1 aliphatic rings. The van der Waals surface area contributed by atoms with Gasteiger partial charge in [-0.05, 0) is 57.2 Å². The van der Waals surface area contributed by atoms with Crippen LogP contribution in [0.3, 0.4) is 0 Å². The van der Waals surface area contributed by atoms with Gasteiger partial charge in [0, 0.05) is 42.8 Å². The fraction of sp³-hybridized carbons (Fsp3) is 0.500. The maximum absolute atomic E-state index is 11.6. The number of rotatable bonds is 6. The molecule has 1 amide bonds. The zero-order valence-corrected chi connectivity index (χ0v) is 18.4. The van der Waals surface area contributed by atoms with Gasteiger partial charge in [-0.15, -0.1) is 0 Å². The van der Waals surface area contributed by atoms with Crippen LogP contribution in [0.15, 0.2) is 30.5 Å². The molecular weight excluding hydrogens is 386 g/mol. The smallest absolute Gasteiger partial charge is 0.228 e. The van der Waals surface area contributed by atoms with Crippen LogP contribution in [-0.4, -0.2) is 36.0 Å². The van der Waals surface area contributed by atoms with Gasteiger partial charge < -0.3 is 15.5 Å². The van der Waals surface area contributed by atoms with Crippen LogP contribution >= 0.6 is 11.6 Å². The summed E-state index contributed by atoms with van der Waals surface area (Å²) in [5, 5.41) is 0.718. The average molecular weight is 416 g/mol. The number of hydrogen-bond acceptors (Lipinski definition) is 5. The molecule has 1 heterocycles. The van der Waals surface area contributed by atoms with Crippen molar-refractivity contribution in [2.24, 2.45) is 11.7 Å². The Morgan fingerprint density at radius 2 is 1.79 bits per heavy atom. The van der Waals surface area contributed by atoms with Crippen LogP contribution in [0.25, 0.3) is 0 Å². The Kier molecular flexibility index (Phi) is 6.63. The van der Waals surface area contributed by atoms with Crippen molar-refractivity contribution in [3.05, 3.63) is 46.6 Å². The molecule has 1 aliphatic carbocycles. The highest BCUT2D eigenvalue weighted by atomic mass is 35.5. The topological polar surface area (TPSA) is 75.4 Å². The molecule has 1 atom stereocenters. The van der Waals surface area contributed by atoms with E-state index in [1.807, 2.05) is 44.2 Å². The normalized spacial score (nSPS) is 20.2. The number of aromatic nitrogens is 2. The number of nitrogens with two attached hydrogens (primary N) is 1. The number of halogens is 1. The van der Waals surface area contributed by atoms with Crippen LogP contribution in [0, 0.1) is 12.8 Å². The molecule has 7 heteroatoms. The summed E-state index contributed by atoms with van der Waals surface area (Å²) in [7, 11) is 3.98. The summed E-state index contributed by atoms with van der Waals surface area (Å²) in [5.41, 5.74) is 7.73. The zero-order chi connectivity index (χ0) is 21.1. The first-order chi connectivity index (χ1) is 13.8. The number of hydrogen-bond donors (Lipinski definition) is 1. The van der Waals surface area contributed by atoms with Crippen molar-refractivity contribution in [3.8, 4) is 0 Å². The van der Waals surface area contributed by atoms with Crippen LogP contribution in [0.2, 0.25) is 5.02 Å². The fourth-order valence-electron chi connectivity index (χ4n) is 4.19. The zero-order valence-electron chi connectivity index (χ0n) is 17.6. The summed E-state index contributed by atoms with van der Waals surface area (Å²) >= 11 is 6.09. The van der Waals surface area contributed by atoms with Crippen molar-refractivity contribution >= 4 is 29.3 Å². The second-order valence-electron chi connectivity index (χ2n) is 8.11. The lowest BCUT2D eigenvalue weighted by atomic mass is 9.84. The minimum Gasteiger partial charge on any atom is -0.369 e. The molecule has 0 radical (unpaired) electrons. The van der Waals surface area contributed by atoms with Crippen LogP contribution < -0.4 is 15.5 Å². The first-order valence-corrected chi connectivity index (χ1v) is 10.5. The van der Waals surface area contributed by atoms with Gasteiger partial charge in [0.05, 0.1) is 6.04 Å². The lowest BCUT2D eigenvalue weighted by molar-refractivity contribution is -0.122. The van der Waals surface area contributed by atoms with Crippen molar-refractivity contribution in [2.45, 2.75) is 51.6 Å². The summed E-state index contributed by atoms with van der Waals surface area (Å²) in [4.78, 5) is 25.5. The molecule has 0 spiro atoms. The molecular formula is C22H30ClN5O. The third-order valence-corrected chi connectivity index (χ3v) is 6.10. The van der Waals surface area contributed by atoms with Crippen molar-refractivity contribution in [2.75, 3.05) is 23.9 Å². The number of benzene rings is 1. The highest BCUT2D eigenvalue weighted by Crippen LogP contribution is 2.36. The van der Waals surface area contributed by atoms with E-state index in [0.29, 0.717) is 5.95 Å². The Bertz CT molecular complexity index is 847. The molecule has 0 unspecified atom stereocenters. The Balaban J connectivity index is 1.97. The monoisotopic (exact) mass is 415 g/mol. The molecule has 1 aromatic heterocycles. The Hall–Kier alpha value is -2.34. The van der Waals surface area contributed by atoms with Crippen LogP contribution in [0.1, 0.15) is 49.8 Å². The predicted molar refractivity (Wildman–Crippen MR) is 118 cm³/mol. The minimum absolute atomic E-state index is 0.0322. The Morgan fingerprint density at radius 1 is 1.17 bits per heavy atom. The maximum atomic E-state index is 11.6. The lowest BCUT2D eigenvalue weighted by Gasteiger charge is -2.40. The highest BCUT2D eigenvalue weighted by Gasteiger charge is 2.33. The first kappa shape index (κ1) is 21.4. The molecule has 3 rings (SSSR count). The molecule has 156 valence electrons. The molecule has 29 heavy (non-hydrogen) atoms. The van der Waals surface area contributed by atoms with Crippen molar-refractivity contribution in [1.29, 1.82) is 0 Å². The number of primary amides is 1. The van der Waals surface area contributed by atoms with Gasteiger partial charge in [0.25, 0.3) is 0 Å². The van der Waals surface area contributed by atoms with E-state index in [9.17, 15) is 4.79 Å². The highest BCUT2D eigenvalue weighted by molar-refractivity contribution is 6.30. The molecule has 2 N–H and O–H groups in total. The standard InChI is InChI=1S/C22H30ClN5O/c1-14-13-25-22(26-21(14)27(3)4)28(15(2)16-5-9-18(23)10-6-16)19-11-7-17(8-12-19)20(24)29/h5-6,9-10,13,15,17,19H,7-8,11-12H2,1-4H3,(H2,24,29)/t15-,17?,19?/m0/s1. The average Bonchev–Trinajstić information content (AvgIpc) is 2.70. The van der Waals surface area contributed by atoms with Gasteiger partial charge in [0.1, 0.15) is 5.82 Å². The number of aryl methyl sites for hydroxylation is 1. The second kappa shape index (κ2) is 8.99. The minimum atomic E-state index is -0.192. The lowest BCUT2D eigenvalue weighted by Crippen LogP contribution is -2.42. The third-order valence-electron chi connectivity index (χ3n) is 5.85. The summed E-state index contributed by atoms with van der Waals surface area (Å²) in [6.07, 6.45) is 5.26. The molecule has 1 saturated carbocycles. The van der Waals surface area contributed by atoms with Gasteiger partial charge in [-0.2, -0.15) is 4.98 Å². The number of anilines is 2. The molecule has 2 aromatic rings. The molecule has 0 bridgehead atoms. The number of amides is 1. The van der Waals surface area contributed by atoms with E-state index >= 15 is 0 Å². The number of carbonyl (C=O) groups excluding carboxylic acids is 1. The Morgan fingerprint density at radius 3 is 2.34 bits per heavy atom. The number of carbonyl (C=O) groups is 1. The summed E-state index contributed by atoms with van der Waals surface area (Å²) < 4.78 is 0. The third kappa shape index (κ3) is 4.81. The molecule has 6 nitrogen and oxygen atoms in total. The Labute approximate surface area is 178 Å². The van der Waals surface area contributed by atoms with E-state index in [4.69, 9.17) is 22.3 Å². The van der Waals surface area contributed by atoms with Crippen molar-refractivity contribution in [3.63, 3.8) is 0 Å². The van der Waals surface area contributed by atoms with Gasteiger partial charge in [-0.1, -0.05) is 23.7 Å². The van der Waals surface area contributed by atoms with Crippen LogP contribution in [0.5, 0.6) is 0 Å². The van der Waals surface area contributed by atoms with E-state index in [0.717, 1.165) is 47.7 Å². The van der Waals surface area contributed by atoms with Gasteiger partial charge in [-0.25, -0.2) is 4.98 Å². The SMILES string of the molecule is Cc1cnc(N(C2CCC(C(N)=O)CC2)[C@@H](C)c2ccc(Cl)cc2)nc1N(C)C. The van der Waals surface area contributed by atoms with Crippen LogP contribution in [-0.2, 0) is 4.79 Å². The molecule has 0 aliphatic heterocycles. The molecule has 0 saturated heterocycles. The van der Waals surface area contributed by atoms with E-state index in [1.54, 1.807) is 0 Å². The second-order valence-corrected chi connectivity index (χ2v) is 8.55. The van der Waals surface area contributed by atoms with E-state index < -0.39 is 0 Å². The van der Waals surface area contributed by atoms with Gasteiger partial charge in [0.15, 0.2) is 0 Å². The predicted octanol–water partition coefficient (Wildman–Crippen LogP) is 4.12.